The van der Waals surface area contributed by atoms with Crippen LogP contribution in [0.15, 0.2) is 48.5 Å². The number of hydrogen-bond donors (Lipinski definition) is 0. The highest BCUT2D eigenvalue weighted by atomic mass is 16.5. The van der Waals surface area contributed by atoms with Crippen molar-refractivity contribution in [3.05, 3.63) is 65.5 Å². The summed E-state index contributed by atoms with van der Waals surface area (Å²) in [6.07, 6.45) is 0. The lowest BCUT2D eigenvalue weighted by Gasteiger charge is -2.38. The normalized spacial score (nSPS) is 16.2. The van der Waals surface area contributed by atoms with Gasteiger partial charge in [0, 0.05) is 37.8 Å². The predicted molar refractivity (Wildman–Crippen MR) is 118 cm³/mol. The Hall–Kier alpha value is -2.97. The van der Waals surface area contributed by atoms with Crippen molar-refractivity contribution in [2.75, 3.05) is 46.9 Å². The van der Waals surface area contributed by atoms with Gasteiger partial charge in [-0.2, -0.15) is 0 Å². The van der Waals surface area contributed by atoms with Crippen molar-refractivity contribution in [1.82, 2.24) is 30.0 Å². The second kappa shape index (κ2) is 9.89. The minimum absolute atomic E-state index is 0.112. The van der Waals surface area contributed by atoms with Gasteiger partial charge >= 0.3 is 0 Å². The standard InChI is InChI=1S/C23H30N6O2/c1-4-27-12-14-28(15-13-27)22(20-11-10-19(30-2)16-21(20)31-3)23-24-25-26-29(23)17-18-8-6-5-7-9-18/h5-11,16,22H,4,12-15,17H2,1-3H3/t22-/m0/s1. The Bertz CT molecular complexity index is 969. The van der Waals surface area contributed by atoms with E-state index in [4.69, 9.17) is 9.47 Å². The van der Waals surface area contributed by atoms with E-state index < -0.39 is 0 Å². The number of tetrazole rings is 1. The molecule has 0 unspecified atom stereocenters. The minimum atomic E-state index is -0.112. The Morgan fingerprint density at radius 2 is 1.74 bits per heavy atom. The number of piperazine rings is 1. The van der Waals surface area contributed by atoms with Gasteiger partial charge in [0.05, 0.1) is 20.8 Å². The molecule has 0 amide bonds. The smallest absolute Gasteiger partial charge is 0.173 e. The molecule has 2 heterocycles. The molecule has 1 atom stereocenters. The van der Waals surface area contributed by atoms with E-state index in [9.17, 15) is 0 Å². The molecule has 8 heteroatoms. The number of ether oxygens (including phenoxy) is 2. The van der Waals surface area contributed by atoms with Gasteiger partial charge in [0.1, 0.15) is 17.5 Å². The summed E-state index contributed by atoms with van der Waals surface area (Å²) in [6.45, 7) is 7.80. The first-order chi connectivity index (χ1) is 15.2. The third-order valence-corrected chi connectivity index (χ3v) is 5.93. The molecule has 0 bridgehead atoms. The van der Waals surface area contributed by atoms with Crippen molar-refractivity contribution in [2.45, 2.75) is 19.5 Å². The second-order valence-electron chi connectivity index (χ2n) is 7.66. The van der Waals surface area contributed by atoms with Crippen LogP contribution in [0.1, 0.15) is 29.9 Å². The van der Waals surface area contributed by atoms with Crippen molar-refractivity contribution in [3.8, 4) is 11.5 Å². The van der Waals surface area contributed by atoms with E-state index in [-0.39, 0.29) is 6.04 Å². The van der Waals surface area contributed by atoms with Crippen LogP contribution in [-0.4, -0.2) is 77.0 Å². The summed E-state index contributed by atoms with van der Waals surface area (Å²) in [7, 11) is 3.35. The Morgan fingerprint density at radius 1 is 0.968 bits per heavy atom. The highest BCUT2D eigenvalue weighted by molar-refractivity contribution is 5.44. The maximum atomic E-state index is 5.76. The van der Waals surface area contributed by atoms with Crippen LogP contribution in [0, 0.1) is 0 Å². The number of nitrogens with zero attached hydrogens (tertiary/aromatic N) is 6. The highest BCUT2D eigenvalue weighted by Crippen LogP contribution is 2.36. The third kappa shape index (κ3) is 4.70. The molecule has 4 rings (SSSR count). The van der Waals surface area contributed by atoms with Crippen molar-refractivity contribution in [2.24, 2.45) is 0 Å². The molecule has 1 aliphatic rings. The van der Waals surface area contributed by atoms with E-state index in [0.29, 0.717) is 6.54 Å². The number of benzene rings is 2. The summed E-state index contributed by atoms with van der Waals surface area (Å²) in [4.78, 5) is 4.91. The first kappa shape index (κ1) is 21.3. The molecule has 1 fully saturated rings. The molecule has 0 radical (unpaired) electrons. The maximum Gasteiger partial charge on any atom is 0.173 e. The van der Waals surface area contributed by atoms with E-state index >= 15 is 0 Å². The maximum absolute atomic E-state index is 5.76. The van der Waals surface area contributed by atoms with Crippen molar-refractivity contribution in [3.63, 3.8) is 0 Å². The summed E-state index contributed by atoms with van der Waals surface area (Å²) < 4.78 is 13.1. The molecule has 31 heavy (non-hydrogen) atoms. The highest BCUT2D eigenvalue weighted by Gasteiger charge is 2.32. The molecular formula is C23H30N6O2. The van der Waals surface area contributed by atoms with Crippen LogP contribution >= 0.6 is 0 Å². The Labute approximate surface area is 183 Å². The van der Waals surface area contributed by atoms with Gasteiger partial charge in [0.15, 0.2) is 5.82 Å². The SMILES string of the molecule is CCN1CCN([C@@H](c2ccc(OC)cc2OC)c2nnnn2Cc2ccccc2)CC1. The van der Waals surface area contributed by atoms with Crippen LogP contribution in [-0.2, 0) is 6.54 Å². The molecule has 8 nitrogen and oxygen atoms in total. The van der Waals surface area contributed by atoms with Crippen LogP contribution < -0.4 is 9.47 Å². The number of hydrogen-bond acceptors (Lipinski definition) is 7. The van der Waals surface area contributed by atoms with Gasteiger partial charge in [0.2, 0.25) is 0 Å². The van der Waals surface area contributed by atoms with Gasteiger partial charge in [-0.15, -0.1) is 5.10 Å². The number of methoxy groups -OCH3 is 2. The van der Waals surface area contributed by atoms with Crippen LogP contribution in [0.3, 0.4) is 0 Å². The second-order valence-corrected chi connectivity index (χ2v) is 7.66. The molecule has 0 N–H and O–H groups in total. The van der Waals surface area contributed by atoms with Crippen LogP contribution in [0.25, 0.3) is 0 Å². The average molecular weight is 423 g/mol. The summed E-state index contributed by atoms with van der Waals surface area (Å²) in [6, 6.07) is 16.1. The third-order valence-electron chi connectivity index (χ3n) is 5.93. The van der Waals surface area contributed by atoms with Crippen molar-refractivity contribution < 1.29 is 9.47 Å². The monoisotopic (exact) mass is 422 g/mol. The Kier molecular flexibility index (Phi) is 6.79. The molecular weight excluding hydrogens is 392 g/mol. The van der Waals surface area contributed by atoms with Gasteiger partial charge in [-0.05, 0) is 34.7 Å². The zero-order valence-corrected chi connectivity index (χ0v) is 18.4. The van der Waals surface area contributed by atoms with Crippen LogP contribution in [0.4, 0.5) is 0 Å². The lowest BCUT2D eigenvalue weighted by molar-refractivity contribution is 0.107. The number of aromatic nitrogens is 4. The van der Waals surface area contributed by atoms with Crippen LogP contribution in [0.2, 0.25) is 0 Å². The van der Waals surface area contributed by atoms with Gasteiger partial charge in [0.25, 0.3) is 0 Å². The number of likely N-dealkylation sites (N-methyl/N-ethyl adjacent to an activating group) is 1. The fourth-order valence-corrected chi connectivity index (χ4v) is 4.16. The van der Waals surface area contributed by atoms with E-state index in [1.807, 2.05) is 35.0 Å². The fraction of sp³-hybridized carbons (Fsp3) is 0.435. The van der Waals surface area contributed by atoms with Crippen molar-refractivity contribution >= 4 is 0 Å². The predicted octanol–water partition coefficient (Wildman–Crippen LogP) is 2.47. The van der Waals surface area contributed by atoms with Gasteiger partial charge < -0.3 is 14.4 Å². The Balaban J connectivity index is 1.73. The molecule has 3 aromatic rings. The molecule has 1 aromatic heterocycles. The molecule has 0 aliphatic carbocycles. The molecule has 164 valence electrons. The van der Waals surface area contributed by atoms with Gasteiger partial charge in [-0.3, -0.25) is 4.90 Å². The largest absolute Gasteiger partial charge is 0.497 e. The molecule has 1 saturated heterocycles. The quantitative estimate of drug-likeness (QED) is 0.552. The zero-order valence-electron chi connectivity index (χ0n) is 18.4. The fourth-order valence-electron chi connectivity index (χ4n) is 4.16. The van der Waals surface area contributed by atoms with Crippen LogP contribution in [0.5, 0.6) is 11.5 Å². The first-order valence-electron chi connectivity index (χ1n) is 10.7. The summed E-state index contributed by atoms with van der Waals surface area (Å²) in [5.74, 6) is 2.35. The molecule has 0 saturated carbocycles. The van der Waals surface area contributed by atoms with E-state index in [1.54, 1.807) is 14.2 Å². The van der Waals surface area contributed by atoms with Crippen molar-refractivity contribution in [1.29, 1.82) is 0 Å². The summed E-state index contributed by atoms with van der Waals surface area (Å²) in [5.41, 5.74) is 2.20. The summed E-state index contributed by atoms with van der Waals surface area (Å²) in [5, 5.41) is 12.8. The Morgan fingerprint density at radius 3 is 2.42 bits per heavy atom. The lowest BCUT2D eigenvalue weighted by Crippen LogP contribution is -2.48. The lowest BCUT2D eigenvalue weighted by atomic mass is 10.0. The van der Waals surface area contributed by atoms with Gasteiger partial charge in [-0.1, -0.05) is 37.3 Å². The molecule has 0 spiro atoms. The minimum Gasteiger partial charge on any atom is -0.497 e. The van der Waals surface area contributed by atoms with E-state index in [0.717, 1.165) is 61.2 Å². The number of rotatable bonds is 8. The molecule has 2 aromatic carbocycles. The van der Waals surface area contributed by atoms with Gasteiger partial charge in [-0.25, -0.2) is 4.68 Å². The van der Waals surface area contributed by atoms with E-state index in [1.165, 1.54) is 0 Å². The zero-order chi connectivity index (χ0) is 21.6. The average Bonchev–Trinajstić information content (AvgIpc) is 3.28. The topological polar surface area (TPSA) is 68.5 Å². The molecule has 1 aliphatic heterocycles. The summed E-state index contributed by atoms with van der Waals surface area (Å²) >= 11 is 0. The van der Waals surface area contributed by atoms with E-state index in [2.05, 4.69) is 50.4 Å². The first-order valence-corrected chi connectivity index (χ1v) is 10.7.